The van der Waals surface area contributed by atoms with Crippen molar-refractivity contribution in [3.05, 3.63) is 101 Å². The van der Waals surface area contributed by atoms with Crippen LogP contribution in [0.3, 0.4) is 0 Å². The largest absolute Gasteiger partial charge is 0.370 e. The van der Waals surface area contributed by atoms with E-state index < -0.39 is 0 Å². The summed E-state index contributed by atoms with van der Waals surface area (Å²) in [6, 6.07) is 24.1. The average Bonchev–Trinajstić information content (AvgIpc) is 2.87. The van der Waals surface area contributed by atoms with E-state index in [4.69, 9.17) is 9.72 Å². The lowest BCUT2D eigenvalue weighted by atomic mass is 10.0. The maximum atomic E-state index is 12.6. The molecular weight excluding hydrogens is 400 g/mol. The van der Waals surface area contributed by atoms with E-state index in [0.29, 0.717) is 31.3 Å². The van der Waals surface area contributed by atoms with Gasteiger partial charge >= 0.3 is 0 Å². The topological polar surface area (TPSA) is 60.2 Å². The van der Waals surface area contributed by atoms with Crippen molar-refractivity contribution in [3.63, 3.8) is 0 Å². The zero-order valence-corrected chi connectivity index (χ0v) is 17.9. The molecule has 0 amide bonds. The summed E-state index contributed by atoms with van der Waals surface area (Å²) >= 11 is 0. The summed E-state index contributed by atoms with van der Waals surface area (Å²) in [5.74, 6) is 0.651. The van der Waals surface area contributed by atoms with Crippen LogP contribution in [0.4, 0.5) is 5.95 Å². The minimum absolute atomic E-state index is 0.0860. The van der Waals surface area contributed by atoms with Crippen LogP contribution in [-0.4, -0.2) is 34.2 Å². The lowest BCUT2D eigenvalue weighted by Gasteiger charge is -2.34. The second kappa shape index (κ2) is 8.77. The van der Waals surface area contributed by atoms with Crippen molar-refractivity contribution in [1.82, 2.24) is 14.5 Å². The summed E-state index contributed by atoms with van der Waals surface area (Å²) in [5.41, 5.74) is 4.93. The lowest BCUT2D eigenvalue weighted by molar-refractivity contribution is 0.0390. The Hall–Kier alpha value is -3.77. The van der Waals surface area contributed by atoms with Crippen molar-refractivity contribution in [2.45, 2.75) is 6.10 Å². The van der Waals surface area contributed by atoms with Crippen LogP contribution in [0.1, 0.15) is 11.7 Å². The van der Waals surface area contributed by atoms with E-state index in [0.717, 1.165) is 11.1 Å². The summed E-state index contributed by atoms with van der Waals surface area (Å²) in [5, 5.41) is 0. The molecule has 0 saturated carbocycles. The molecular formula is C26H24N4O2. The van der Waals surface area contributed by atoms with Crippen LogP contribution in [0.25, 0.3) is 22.4 Å². The SMILES string of the molecule is Cn1c(N2CCO[C@@H](c3ccc(-c4ccccc4)cc3)C2)nc(-c2ccncc2)cc1=O. The molecule has 160 valence electrons. The lowest BCUT2D eigenvalue weighted by Crippen LogP contribution is -2.41. The Morgan fingerprint density at radius 1 is 0.906 bits per heavy atom. The molecule has 4 aromatic rings. The Morgan fingerprint density at radius 2 is 1.62 bits per heavy atom. The molecule has 32 heavy (non-hydrogen) atoms. The third-order valence-corrected chi connectivity index (χ3v) is 5.83. The highest BCUT2D eigenvalue weighted by Gasteiger charge is 2.25. The van der Waals surface area contributed by atoms with Gasteiger partial charge < -0.3 is 9.64 Å². The number of benzene rings is 2. The zero-order chi connectivity index (χ0) is 21.9. The van der Waals surface area contributed by atoms with Gasteiger partial charge in [-0.05, 0) is 28.8 Å². The van der Waals surface area contributed by atoms with Gasteiger partial charge in [0.1, 0.15) is 6.10 Å². The van der Waals surface area contributed by atoms with E-state index in [1.54, 1.807) is 30.1 Å². The number of hydrogen-bond donors (Lipinski definition) is 0. The molecule has 1 saturated heterocycles. The van der Waals surface area contributed by atoms with Gasteiger partial charge in [0.15, 0.2) is 0 Å². The first-order chi connectivity index (χ1) is 15.7. The first kappa shape index (κ1) is 20.2. The van der Waals surface area contributed by atoms with Crippen molar-refractivity contribution >= 4 is 5.95 Å². The van der Waals surface area contributed by atoms with Crippen LogP contribution in [0, 0.1) is 0 Å². The maximum absolute atomic E-state index is 12.6. The molecule has 1 atom stereocenters. The molecule has 6 heteroatoms. The minimum atomic E-state index is -0.0879. The number of morpholine rings is 1. The molecule has 1 fully saturated rings. The monoisotopic (exact) mass is 424 g/mol. The average molecular weight is 425 g/mol. The Labute approximate surface area is 186 Å². The predicted octanol–water partition coefficient (Wildman–Crippen LogP) is 4.09. The summed E-state index contributed by atoms with van der Waals surface area (Å²) in [6.07, 6.45) is 3.32. The van der Waals surface area contributed by atoms with Crippen LogP contribution in [0.2, 0.25) is 0 Å². The zero-order valence-electron chi connectivity index (χ0n) is 17.9. The maximum Gasteiger partial charge on any atom is 0.255 e. The normalized spacial score (nSPS) is 16.2. The third kappa shape index (κ3) is 4.05. The first-order valence-corrected chi connectivity index (χ1v) is 10.7. The summed E-state index contributed by atoms with van der Waals surface area (Å²) in [4.78, 5) is 23.6. The van der Waals surface area contributed by atoms with Gasteiger partial charge in [0.05, 0.1) is 18.8 Å². The molecule has 6 nitrogen and oxygen atoms in total. The molecule has 5 rings (SSSR count). The predicted molar refractivity (Wildman–Crippen MR) is 125 cm³/mol. The number of hydrogen-bond acceptors (Lipinski definition) is 5. The molecule has 2 aromatic heterocycles. The Kier molecular flexibility index (Phi) is 5.52. The molecule has 1 aliphatic heterocycles. The van der Waals surface area contributed by atoms with Gasteiger partial charge in [-0.3, -0.25) is 14.3 Å². The van der Waals surface area contributed by atoms with Crippen LogP contribution in [-0.2, 0) is 11.8 Å². The molecule has 3 heterocycles. The highest BCUT2D eigenvalue weighted by Crippen LogP contribution is 2.28. The molecule has 0 unspecified atom stereocenters. The second-order valence-electron chi connectivity index (χ2n) is 7.87. The number of rotatable bonds is 4. The third-order valence-electron chi connectivity index (χ3n) is 5.83. The standard InChI is InChI=1S/C26H24N4O2/c1-29-25(31)17-23(21-11-13-27-14-12-21)28-26(29)30-15-16-32-24(18-30)22-9-7-20(8-10-22)19-5-3-2-4-6-19/h2-14,17,24H,15-16,18H2,1H3/t24-/m1/s1. The Bertz CT molecular complexity index is 1250. The molecule has 0 aliphatic carbocycles. The van der Waals surface area contributed by atoms with Crippen molar-refractivity contribution < 1.29 is 4.74 Å². The van der Waals surface area contributed by atoms with Gasteiger partial charge in [0.25, 0.3) is 5.56 Å². The van der Waals surface area contributed by atoms with Gasteiger partial charge in [0, 0.05) is 37.6 Å². The fraction of sp³-hybridized carbons (Fsp3) is 0.192. The first-order valence-electron chi connectivity index (χ1n) is 10.7. The van der Waals surface area contributed by atoms with Crippen molar-refractivity contribution in [1.29, 1.82) is 0 Å². The fourth-order valence-electron chi connectivity index (χ4n) is 4.03. The van der Waals surface area contributed by atoms with Crippen molar-refractivity contribution in [2.75, 3.05) is 24.6 Å². The summed E-state index contributed by atoms with van der Waals surface area (Å²) in [6.45, 7) is 1.88. The van der Waals surface area contributed by atoms with Gasteiger partial charge in [0.2, 0.25) is 5.95 Å². The van der Waals surface area contributed by atoms with Gasteiger partial charge in [-0.2, -0.15) is 0 Å². The smallest absolute Gasteiger partial charge is 0.255 e. The molecule has 0 radical (unpaired) electrons. The van der Waals surface area contributed by atoms with Crippen LogP contribution >= 0.6 is 0 Å². The minimum Gasteiger partial charge on any atom is -0.370 e. The van der Waals surface area contributed by atoms with E-state index in [-0.39, 0.29) is 11.7 Å². The highest BCUT2D eigenvalue weighted by atomic mass is 16.5. The number of aromatic nitrogens is 3. The van der Waals surface area contributed by atoms with E-state index >= 15 is 0 Å². The van der Waals surface area contributed by atoms with Gasteiger partial charge in [-0.1, -0.05) is 54.6 Å². The molecule has 0 bridgehead atoms. The van der Waals surface area contributed by atoms with Gasteiger partial charge in [-0.15, -0.1) is 0 Å². The Morgan fingerprint density at radius 3 is 2.38 bits per heavy atom. The number of pyridine rings is 1. The van der Waals surface area contributed by atoms with Crippen LogP contribution in [0.15, 0.2) is 90.0 Å². The van der Waals surface area contributed by atoms with E-state index in [1.807, 2.05) is 30.3 Å². The van der Waals surface area contributed by atoms with Crippen molar-refractivity contribution in [2.24, 2.45) is 7.05 Å². The summed E-state index contributed by atoms with van der Waals surface area (Å²) < 4.78 is 7.68. The summed E-state index contributed by atoms with van der Waals surface area (Å²) in [7, 11) is 1.76. The van der Waals surface area contributed by atoms with E-state index in [9.17, 15) is 4.79 Å². The molecule has 0 spiro atoms. The Balaban J connectivity index is 1.41. The van der Waals surface area contributed by atoms with E-state index in [2.05, 4.69) is 46.3 Å². The highest BCUT2D eigenvalue weighted by molar-refractivity contribution is 5.63. The number of ether oxygens (including phenoxy) is 1. The number of anilines is 1. The molecule has 2 aromatic carbocycles. The van der Waals surface area contributed by atoms with E-state index in [1.165, 1.54) is 11.1 Å². The van der Waals surface area contributed by atoms with Gasteiger partial charge in [-0.25, -0.2) is 4.98 Å². The van der Waals surface area contributed by atoms with Crippen LogP contribution < -0.4 is 10.5 Å². The fourth-order valence-corrected chi connectivity index (χ4v) is 4.03. The number of nitrogens with zero attached hydrogens (tertiary/aromatic N) is 4. The van der Waals surface area contributed by atoms with Crippen LogP contribution in [0.5, 0.6) is 0 Å². The molecule has 0 N–H and O–H groups in total. The quantitative estimate of drug-likeness (QED) is 0.494. The van der Waals surface area contributed by atoms with Crippen molar-refractivity contribution in [3.8, 4) is 22.4 Å². The molecule has 1 aliphatic rings. The second-order valence-corrected chi connectivity index (χ2v) is 7.87.